The molecule has 0 saturated heterocycles. The van der Waals surface area contributed by atoms with E-state index >= 15 is 0 Å². The number of hydrogen-bond donors (Lipinski definition) is 0. The number of aryl methyl sites for hydroxylation is 1. The van der Waals surface area contributed by atoms with Gasteiger partial charge < -0.3 is 0 Å². The predicted molar refractivity (Wildman–Crippen MR) is 44.2 cm³/mol. The molecule has 4 nitrogen and oxygen atoms in total. The summed E-state index contributed by atoms with van der Waals surface area (Å²) in [5.41, 5.74) is 1.23. The van der Waals surface area contributed by atoms with Crippen LogP contribution >= 0.6 is 0 Å². The van der Waals surface area contributed by atoms with Crippen LogP contribution in [0.15, 0.2) is 24.5 Å². The Morgan fingerprint density at radius 1 is 1.46 bits per heavy atom. The zero-order valence-electron chi connectivity index (χ0n) is 6.98. The second kappa shape index (κ2) is 2.93. The maximum atomic E-state index is 12.8. The van der Waals surface area contributed by atoms with Gasteiger partial charge in [0.1, 0.15) is 11.5 Å². The minimum Gasteiger partial charge on any atom is -0.254 e. The van der Waals surface area contributed by atoms with Crippen LogP contribution in [0.1, 0.15) is 0 Å². The van der Waals surface area contributed by atoms with E-state index in [-0.39, 0.29) is 5.82 Å². The molecular formula is C8H7FN4. The van der Waals surface area contributed by atoms with E-state index in [1.165, 1.54) is 18.3 Å². The van der Waals surface area contributed by atoms with Gasteiger partial charge >= 0.3 is 0 Å². The number of hydrogen-bond acceptors (Lipinski definition) is 3. The van der Waals surface area contributed by atoms with Gasteiger partial charge in [-0.1, -0.05) is 5.21 Å². The summed E-state index contributed by atoms with van der Waals surface area (Å²) in [4.78, 5) is 4.00. The van der Waals surface area contributed by atoms with Gasteiger partial charge in [0.2, 0.25) is 0 Å². The fourth-order valence-electron chi connectivity index (χ4n) is 1.07. The minimum absolute atomic E-state index is 0.314. The lowest BCUT2D eigenvalue weighted by atomic mass is 10.3. The SMILES string of the molecule is Cn1nncc1-c1cc(F)ccn1. The van der Waals surface area contributed by atoms with Crippen LogP contribution in [0.25, 0.3) is 11.4 Å². The zero-order chi connectivity index (χ0) is 9.26. The third-order valence-corrected chi connectivity index (χ3v) is 1.70. The lowest BCUT2D eigenvalue weighted by Crippen LogP contribution is -1.95. The number of aromatic nitrogens is 4. The smallest absolute Gasteiger partial charge is 0.126 e. The van der Waals surface area contributed by atoms with Crippen molar-refractivity contribution in [3.8, 4) is 11.4 Å². The van der Waals surface area contributed by atoms with Crippen molar-refractivity contribution in [2.75, 3.05) is 0 Å². The lowest BCUT2D eigenvalue weighted by Gasteiger charge is -1.98. The Morgan fingerprint density at radius 3 is 2.92 bits per heavy atom. The molecule has 13 heavy (non-hydrogen) atoms. The highest BCUT2D eigenvalue weighted by Crippen LogP contribution is 2.14. The summed E-state index contributed by atoms with van der Waals surface area (Å²) in [7, 11) is 1.73. The summed E-state index contributed by atoms with van der Waals surface area (Å²) < 4.78 is 14.3. The fourth-order valence-corrected chi connectivity index (χ4v) is 1.07. The van der Waals surface area contributed by atoms with E-state index in [1.54, 1.807) is 17.9 Å². The highest BCUT2D eigenvalue weighted by molar-refractivity contribution is 5.52. The van der Waals surface area contributed by atoms with Crippen LogP contribution in [0.4, 0.5) is 4.39 Å². The first kappa shape index (κ1) is 7.85. The first-order chi connectivity index (χ1) is 6.27. The average molecular weight is 178 g/mol. The minimum atomic E-state index is -0.314. The van der Waals surface area contributed by atoms with Gasteiger partial charge in [0.05, 0.1) is 11.9 Å². The highest BCUT2D eigenvalue weighted by atomic mass is 19.1. The van der Waals surface area contributed by atoms with E-state index in [4.69, 9.17) is 0 Å². The molecule has 66 valence electrons. The summed E-state index contributed by atoms with van der Waals surface area (Å²) in [6.45, 7) is 0. The van der Waals surface area contributed by atoms with Gasteiger partial charge in [-0.15, -0.1) is 5.10 Å². The third-order valence-electron chi connectivity index (χ3n) is 1.70. The van der Waals surface area contributed by atoms with Crippen LogP contribution in [0, 0.1) is 5.82 Å². The normalized spacial score (nSPS) is 10.3. The van der Waals surface area contributed by atoms with E-state index in [1.807, 2.05) is 0 Å². The molecule has 2 heterocycles. The summed E-state index contributed by atoms with van der Waals surface area (Å²) in [6, 6.07) is 2.64. The zero-order valence-corrected chi connectivity index (χ0v) is 6.98. The molecule has 0 bridgehead atoms. The summed E-state index contributed by atoms with van der Waals surface area (Å²) in [5, 5.41) is 7.41. The van der Waals surface area contributed by atoms with Crippen molar-refractivity contribution in [3.05, 3.63) is 30.3 Å². The number of pyridine rings is 1. The largest absolute Gasteiger partial charge is 0.254 e. The molecule has 0 atom stereocenters. The summed E-state index contributed by atoms with van der Waals surface area (Å²) in [6.07, 6.45) is 2.96. The lowest BCUT2D eigenvalue weighted by molar-refractivity contribution is 0.625. The molecule has 2 rings (SSSR count). The van der Waals surface area contributed by atoms with E-state index in [0.717, 1.165) is 0 Å². The molecule has 2 aromatic rings. The molecule has 0 saturated carbocycles. The first-order valence-corrected chi connectivity index (χ1v) is 3.74. The van der Waals surface area contributed by atoms with Gasteiger partial charge in [-0.3, -0.25) is 4.98 Å². The van der Waals surface area contributed by atoms with Crippen LogP contribution in [0.3, 0.4) is 0 Å². The van der Waals surface area contributed by atoms with Crippen LogP contribution < -0.4 is 0 Å². The molecule has 5 heteroatoms. The third kappa shape index (κ3) is 1.40. The Kier molecular flexibility index (Phi) is 1.77. The van der Waals surface area contributed by atoms with Gasteiger partial charge in [0, 0.05) is 19.3 Å². The maximum Gasteiger partial charge on any atom is 0.126 e. The fraction of sp³-hybridized carbons (Fsp3) is 0.125. The van der Waals surface area contributed by atoms with Crippen molar-refractivity contribution in [3.63, 3.8) is 0 Å². The van der Waals surface area contributed by atoms with Gasteiger partial charge in [-0.05, 0) is 6.07 Å². The predicted octanol–water partition coefficient (Wildman–Crippen LogP) is 1.02. The Labute approximate surface area is 74.0 Å². The van der Waals surface area contributed by atoms with E-state index in [9.17, 15) is 4.39 Å². The Morgan fingerprint density at radius 2 is 2.31 bits per heavy atom. The monoisotopic (exact) mass is 178 g/mol. The molecule has 0 unspecified atom stereocenters. The Bertz CT molecular complexity index is 424. The molecule has 0 spiro atoms. The highest BCUT2D eigenvalue weighted by Gasteiger charge is 2.04. The summed E-state index contributed by atoms with van der Waals surface area (Å²) >= 11 is 0. The molecule has 2 aromatic heterocycles. The molecule has 0 aliphatic rings. The molecule has 0 N–H and O–H groups in total. The average Bonchev–Trinajstić information content (AvgIpc) is 2.51. The van der Waals surface area contributed by atoms with E-state index < -0.39 is 0 Å². The summed E-state index contributed by atoms with van der Waals surface area (Å²) in [5.74, 6) is -0.314. The molecule has 0 fully saturated rings. The van der Waals surface area contributed by atoms with Gasteiger partial charge in [0.25, 0.3) is 0 Å². The number of rotatable bonds is 1. The Hall–Kier alpha value is -1.78. The quantitative estimate of drug-likeness (QED) is 0.654. The molecule has 0 amide bonds. The van der Waals surface area contributed by atoms with Crippen LogP contribution in [-0.4, -0.2) is 20.0 Å². The van der Waals surface area contributed by atoms with E-state index in [2.05, 4.69) is 15.3 Å². The number of halogens is 1. The van der Waals surface area contributed by atoms with Gasteiger partial charge in [0.15, 0.2) is 0 Å². The molecule has 0 aliphatic carbocycles. The van der Waals surface area contributed by atoms with Crippen LogP contribution in [0.5, 0.6) is 0 Å². The van der Waals surface area contributed by atoms with Crippen molar-refractivity contribution in [1.29, 1.82) is 0 Å². The molecule has 0 aliphatic heterocycles. The Balaban J connectivity index is 2.53. The molecule has 0 aromatic carbocycles. The van der Waals surface area contributed by atoms with Crippen molar-refractivity contribution in [2.24, 2.45) is 7.05 Å². The second-order valence-electron chi connectivity index (χ2n) is 2.60. The van der Waals surface area contributed by atoms with Crippen molar-refractivity contribution < 1.29 is 4.39 Å². The van der Waals surface area contributed by atoms with E-state index in [0.29, 0.717) is 11.4 Å². The maximum absolute atomic E-state index is 12.8. The van der Waals surface area contributed by atoms with Gasteiger partial charge in [-0.25, -0.2) is 9.07 Å². The van der Waals surface area contributed by atoms with Crippen molar-refractivity contribution in [2.45, 2.75) is 0 Å². The number of nitrogens with zero attached hydrogens (tertiary/aromatic N) is 4. The molecule has 0 radical (unpaired) electrons. The van der Waals surface area contributed by atoms with Crippen LogP contribution in [0.2, 0.25) is 0 Å². The van der Waals surface area contributed by atoms with Crippen molar-refractivity contribution in [1.82, 2.24) is 20.0 Å². The molecular weight excluding hydrogens is 171 g/mol. The topological polar surface area (TPSA) is 43.6 Å². The van der Waals surface area contributed by atoms with Crippen molar-refractivity contribution >= 4 is 0 Å². The standard InChI is InChI=1S/C8H7FN4/c1-13-8(5-11-12-13)7-4-6(9)2-3-10-7/h2-5H,1H3. The van der Waals surface area contributed by atoms with Gasteiger partial charge in [-0.2, -0.15) is 0 Å². The van der Waals surface area contributed by atoms with Crippen LogP contribution in [-0.2, 0) is 7.05 Å². The first-order valence-electron chi connectivity index (χ1n) is 3.74. The second-order valence-corrected chi connectivity index (χ2v) is 2.60.